The number of hydrogen-bond acceptors (Lipinski definition) is 0. The van der Waals surface area contributed by atoms with E-state index >= 15 is 0 Å². The van der Waals surface area contributed by atoms with Gasteiger partial charge in [-0.05, 0) is 68.1 Å². The highest BCUT2D eigenvalue weighted by Gasteiger charge is 2.19. The molecule has 18 heavy (non-hydrogen) atoms. The maximum absolute atomic E-state index is 12.8. The van der Waals surface area contributed by atoms with Crippen LogP contribution in [-0.2, 0) is 6.42 Å². The standard InChI is InChI=1S/C16H20F2/c17-12-11-15-5-3-13(4-6-15)1-2-14-7-9-16(18)10-8-14/h7-13,15H,1-6H2/t13-,15-. The van der Waals surface area contributed by atoms with Gasteiger partial charge in [-0.1, -0.05) is 18.2 Å². The van der Waals surface area contributed by atoms with Crippen LogP contribution >= 0.6 is 0 Å². The van der Waals surface area contributed by atoms with Crippen molar-refractivity contribution in [3.63, 3.8) is 0 Å². The highest BCUT2D eigenvalue weighted by atomic mass is 19.1. The number of halogens is 2. The normalized spacial score (nSPS) is 24.6. The Hall–Kier alpha value is -1.18. The molecule has 0 heterocycles. The van der Waals surface area contributed by atoms with Gasteiger partial charge in [0.1, 0.15) is 5.82 Å². The molecule has 0 atom stereocenters. The van der Waals surface area contributed by atoms with Gasteiger partial charge in [0, 0.05) is 0 Å². The van der Waals surface area contributed by atoms with Gasteiger partial charge < -0.3 is 0 Å². The molecule has 1 fully saturated rings. The fourth-order valence-electron chi connectivity index (χ4n) is 2.79. The van der Waals surface area contributed by atoms with E-state index in [9.17, 15) is 8.78 Å². The van der Waals surface area contributed by atoms with Gasteiger partial charge in [0.25, 0.3) is 0 Å². The molecule has 1 aliphatic rings. The third kappa shape index (κ3) is 3.94. The molecule has 0 saturated heterocycles. The Kier molecular flexibility index (Phi) is 4.91. The first-order valence-corrected chi connectivity index (χ1v) is 6.79. The lowest BCUT2D eigenvalue weighted by atomic mass is 9.79. The van der Waals surface area contributed by atoms with E-state index in [1.165, 1.54) is 30.5 Å². The van der Waals surface area contributed by atoms with Gasteiger partial charge in [-0.25, -0.2) is 8.78 Å². The first-order chi connectivity index (χ1) is 8.78. The van der Waals surface area contributed by atoms with Crippen molar-refractivity contribution in [1.82, 2.24) is 0 Å². The van der Waals surface area contributed by atoms with Crippen molar-refractivity contribution < 1.29 is 8.78 Å². The largest absolute Gasteiger partial charge is 0.216 e. The van der Waals surface area contributed by atoms with Crippen molar-refractivity contribution in [1.29, 1.82) is 0 Å². The van der Waals surface area contributed by atoms with Crippen molar-refractivity contribution in [3.8, 4) is 0 Å². The van der Waals surface area contributed by atoms with Gasteiger partial charge in [-0.2, -0.15) is 0 Å². The van der Waals surface area contributed by atoms with E-state index < -0.39 is 0 Å². The maximum atomic E-state index is 12.8. The number of benzene rings is 1. The smallest absolute Gasteiger partial charge is 0.123 e. The van der Waals surface area contributed by atoms with Crippen LogP contribution in [0.2, 0.25) is 0 Å². The summed E-state index contributed by atoms with van der Waals surface area (Å²) in [5.41, 5.74) is 1.21. The second-order valence-corrected chi connectivity index (χ2v) is 5.26. The zero-order valence-electron chi connectivity index (χ0n) is 10.6. The van der Waals surface area contributed by atoms with Gasteiger partial charge in [0.15, 0.2) is 0 Å². The number of hydrogen-bond donors (Lipinski definition) is 0. The highest BCUT2D eigenvalue weighted by Crippen LogP contribution is 2.32. The Morgan fingerprint density at radius 1 is 1.06 bits per heavy atom. The van der Waals surface area contributed by atoms with Crippen LogP contribution in [0, 0.1) is 17.7 Å². The molecule has 2 heteroatoms. The minimum absolute atomic E-state index is 0.169. The molecule has 98 valence electrons. The predicted octanol–water partition coefficient (Wildman–Crippen LogP) is 5.05. The molecule has 0 amide bonds. The Morgan fingerprint density at radius 2 is 1.72 bits per heavy atom. The quantitative estimate of drug-likeness (QED) is 0.701. The molecule has 1 aromatic carbocycles. The molecule has 0 spiro atoms. The van der Waals surface area contributed by atoms with E-state index in [0.717, 1.165) is 31.6 Å². The zero-order valence-corrected chi connectivity index (χ0v) is 10.6. The summed E-state index contributed by atoms with van der Waals surface area (Å²) in [7, 11) is 0. The molecule has 0 bridgehead atoms. The van der Waals surface area contributed by atoms with Crippen LogP contribution in [0.5, 0.6) is 0 Å². The molecule has 1 saturated carbocycles. The summed E-state index contributed by atoms with van der Waals surface area (Å²) in [4.78, 5) is 0. The van der Waals surface area contributed by atoms with Gasteiger partial charge in [0.2, 0.25) is 0 Å². The van der Waals surface area contributed by atoms with Crippen molar-refractivity contribution in [2.24, 2.45) is 11.8 Å². The number of allylic oxidation sites excluding steroid dienone is 1. The highest BCUT2D eigenvalue weighted by molar-refractivity contribution is 5.16. The van der Waals surface area contributed by atoms with Gasteiger partial charge in [-0.15, -0.1) is 0 Å². The van der Waals surface area contributed by atoms with E-state index in [1.54, 1.807) is 6.08 Å². The third-order valence-electron chi connectivity index (χ3n) is 3.99. The van der Waals surface area contributed by atoms with Crippen LogP contribution in [0.1, 0.15) is 37.7 Å². The summed E-state index contributed by atoms with van der Waals surface area (Å²) < 4.78 is 24.8. The van der Waals surface area contributed by atoms with Crippen LogP contribution in [-0.4, -0.2) is 0 Å². The van der Waals surface area contributed by atoms with E-state index in [0.29, 0.717) is 12.2 Å². The average Bonchev–Trinajstić information content (AvgIpc) is 2.40. The zero-order chi connectivity index (χ0) is 12.8. The van der Waals surface area contributed by atoms with Gasteiger partial charge in [0.05, 0.1) is 6.33 Å². The van der Waals surface area contributed by atoms with Crippen molar-refractivity contribution in [2.75, 3.05) is 0 Å². The molecule has 1 aromatic rings. The van der Waals surface area contributed by atoms with Gasteiger partial charge in [-0.3, -0.25) is 0 Å². The Balaban J connectivity index is 1.73. The second kappa shape index (κ2) is 6.67. The van der Waals surface area contributed by atoms with E-state index in [2.05, 4.69) is 0 Å². The maximum Gasteiger partial charge on any atom is 0.123 e. The Labute approximate surface area is 108 Å². The number of aryl methyl sites for hydroxylation is 1. The number of rotatable bonds is 4. The first kappa shape index (κ1) is 13.3. The second-order valence-electron chi connectivity index (χ2n) is 5.26. The molecule has 0 nitrogen and oxygen atoms in total. The summed E-state index contributed by atoms with van der Waals surface area (Å²) in [5, 5.41) is 0. The topological polar surface area (TPSA) is 0 Å². The molecule has 0 N–H and O–H groups in total. The Morgan fingerprint density at radius 3 is 2.33 bits per heavy atom. The lowest BCUT2D eigenvalue weighted by molar-refractivity contribution is 0.295. The molecule has 0 unspecified atom stereocenters. The minimum Gasteiger partial charge on any atom is -0.216 e. The lowest BCUT2D eigenvalue weighted by Gasteiger charge is -2.26. The van der Waals surface area contributed by atoms with E-state index in [4.69, 9.17) is 0 Å². The van der Waals surface area contributed by atoms with Crippen LogP contribution in [0.3, 0.4) is 0 Å². The van der Waals surface area contributed by atoms with E-state index in [1.807, 2.05) is 12.1 Å². The van der Waals surface area contributed by atoms with Crippen molar-refractivity contribution in [3.05, 3.63) is 48.1 Å². The van der Waals surface area contributed by atoms with Crippen molar-refractivity contribution in [2.45, 2.75) is 38.5 Å². The Bertz CT molecular complexity index is 373. The molecule has 0 radical (unpaired) electrons. The first-order valence-electron chi connectivity index (χ1n) is 6.79. The SMILES string of the molecule is FC=C[C@H]1CC[C@H](CCc2ccc(F)cc2)CC1. The summed E-state index contributed by atoms with van der Waals surface area (Å²) in [5.74, 6) is 1.02. The van der Waals surface area contributed by atoms with Crippen molar-refractivity contribution >= 4 is 0 Å². The van der Waals surface area contributed by atoms with Gasteiger partial charge >= 0.3 is 0 Å². The molecule has 2 rings (SSSR count). The fraction of sp³-hybridized carbons (Fsp3) is 0.500. The summed E-state index contributed by atoms with van der Waals surface area (Å²) in [6, 6.07) is 6.79. The average molecular weight is 250 g/mol. The molecule has 0 aromatic heterocycles. The van der Waals surface area contributed by atoms with Crippen LogP contribution in [0.4, 0.5) is 8.78 Å². The van der Waals surface area contributed by atoms with Crippen LogP contribution in [0.15, 0.2) is 36.7 Å². The molecule has 1 aliphatic carbocycles. The summed E-state index contributed by atoms with van der Waals surface area (Å²) in [6.07, 6.45) is 9.15. The molecule has 0 aliphatic heterocycles. The minimum atomic E-state index is -0.169. The van der Waals surface area contributed by atoms with Crippen LogP contribution < -0.4 is 0 Å². The summed E-state index contributed by atoms with van der Waals surface area (Å²) in [6.45, 7) is 0. The lowest BCUT2D eigenvalue weighted by Crippen LogP contribution is -2.13. The third-order valence-corrected chi connectivity index (χ3v) is 3.99. The van der Waals surface area contributed by atoms with Crippen LogP contribution in [0.25, 0.3) is 0 Å². The molecular weight excluding hydrogens is 230 g/mol. The summed E-state index contributed by atoms with van der Waals surface area (Å²) >= 11 is 0. The molecular formula is C16H20F2. The van der Waals surface area contributed by atoms with E-state index in [-0.39, 0.29) is 5.82 Å². The predicted molar refractivity (Wildman–Crippen MR) is 70.4 cm³/mol. The fourth-order valence-corrected chi connectivity index (χ4v) is 2.79. The monoisotopic (exact) mass is 250 g/mol.